The first kappa shape index (κ1) is 8.90. The summed E-state index contributed by atoms with van der Waals surface area (Å²) in [6.45, 7) is 3.88. The summed E-state index contributed by atoms with van der Waals surface area (Å²) in [7, 11) is 0. The molecule has 1 saturated heterocycles. The first-order chi connectivity index (χ1) is 6.35. The fraction of sp³-hybridized carbons (Fsp3) is 0.750. The van der Waals surface area contributed by atoms with Crippen LogP contribution in [-0.2, 0) is 6.42 Å². The fourth-order valence-electron chi connectivity index (χ4n) is 1.44. The fourth-order valence-corrected chi connectivity index (χ4v) is 2.29. The van der Waals surface area contributed by atoms with Gasteiger partial charge >= 0.3 is 0 Å². The lowest BCUT2D eigenvalue weighted by Crippen LogP contribution is -2.51. The van der Waals surface area contributed by atoms with Gasteiger partial charge in [0.15, 0.2) is 0 Å². The number of rotatable bonds is 3. The highest BCUT2D eigenvalue weighted by atomic mass is 32.1. The van der Waals surface area contributed by atoms with E-state index in [0.717, 1.165) is 30.5 Å². The standard InChI is InChI=1S/C8H14N4S/c1-2-7-10-8(13-11-7)12-4-3-6(12)5-9/h6H,2-5,9H2,1H3. The van der Waals surface area contributed by atoms with Gasteiger partial charge in [-0.1, -0.05) is 6.92 Å². The molecule has 13 heavy (non-hydrogen) atoms. The molecular weight excluding hydrogens is 184 g/mol. The largest absolute Gasteiger partial charge is 0.342 e. The Morgan fingerprint density at radius 2 is 2.54 bits per heavy atom. The summed E-state index contributed by atoms with van der Waals surface area (Å²) in [5.41, 5.74) is 5.62. The molecule has 0 radical (unpaired) electrons. The van der Waals surface area contributed by atoms with Crippen molar-refractivity contribution in [1.82, 2.24) is 9.36 Å². The normalized spacial score (nSPS) is 21.7. The molecule has 0 saturated carbocycles. The van der Waals surface area contributed by atoms with Gasteiger partial charge in [-0.3, -0.25) is 0 Å². The van der Waals surface area contributed by atoms with Crippen LogP contribution in [-0.4, -0.2) is 28.5 Å². The van der Waals surface area contributed by atoms with Crippen molar-refractivity contribution < 1.29 is 0 Å². The molecule has 5 heteroatoms. The van der Waals surface area contributed by atoms with E-state index in [1.165, 1.54) is 18.0 Å². The molecule has 2 rings (SSSR count). The zero-order chi connectivity index (χ0) is 9.26. The van der Waals surface area contributed by atoms with Gasteiger partial charge in [0.25, 0.3) is 0 Å². The van der Waals surface area contributed by atoms with Crippen molar-refractivity contribution in [3.05, 3.63) is 5.82 Å². The van der Waals surface area contributed by atoms with Gasteiger partial charge in [0, 0.05) is 37.1 Å². The lowest BCUT2D eigenvalue weighted by molar-refractivity contribution is 0.455. The van der Waals surface area contributed by atoms with Crippen molar-refractivity contribution in [3.8, 4) is 0 Å². The maximum atomic E-state index is 5.62. The zero-order valence-corrected chi connectivity index (χ0v) is 8.55. The second-order valence-electron chi connectivity index (χ2n) is 3.22. The second kappa shape index (κ2) is 3.59. The van der Waals surface area contributed by atoms with E-state index in [9.17, 15) is 0 Å². The average molecular weight is 198 g/mol. The maximum Gasteiger partial charge on any atom is 0.205 e. The number of hydrogen-bond donors (Lipinski definition) is 1. The molecule has 1 aliphatic rings. The van der Waals surface area contributed by atoms with E-state index in [-0.39, 0.29) is 0 Å². The van der Waals surface area contributed by atoms with Gasteiger partial charge < -0.3 is 10.6 Å². The Kier molecular flexibility index (Phi) is 2.46. The van der Waals surface area contributed by atoms with Crippen LogP contribution < -0.4 is 10.6 Å². The second-order valence-corrected chi connectivity index (χ2v) is 3.95. The van der Waals surface area contributed by atoms with Gasteiger partial charge in [0.1, 0.15) is 5.82 Å². The monoisotopic (exact) mass is 198 g/mol. The van der Waals surface area contributed by atoms with Crippen LogP contribution in [0.25, 0.3) is 0 Å². The summed E-state index contributed by atoms with van der Waals surface area (Å²) >= 11 is 1.49. The quantitative estimate of drug-likeness (QED) is 0.774. The minimum atomic E-state index is 0.498. The Morgan fingerprint density at radius 1 is 1.69 bits per heavy atom. The number of nitrogens with two attached hydrogens (primary N) is 1. The van der Waals surface area contributed by atoms with Crippen LogP contribution in [0, 0.1) is 0 Å². The van der Waals surface area contributed by atoms with Crippen LogP contribution in [0.4, 0.5) is 5.13 Å². The van der Waals surface area contributed by atoms with Crippen molar-refractivity contribution in [1.29, 1.82) is 0 Å². The maximum absolute atomic E-state index is 5.62. The third kappa shape index (κ3) is 1.53. The van der Waals surface area contributed by atoms with Crippen molar-refractivity contribution in [2.24, 2.45) is 5.73 Å². The molecule has 1 unspecified atom stereocenters. The van der Waals surface area contributed by atoms with Crippen molar-refractivity contribution in [2.45, 2.75) is 25.8 Å². The molecule has 4 nitrogen and oxygen atoms in total. The Balaban J connectivity index is 2.07. The minimum absolute atomic E-state index is 0.498. The third-order valence-corrected chi connectivity index (χ3v) is 3.23. The minimum Gasteiger partial charge on any atom is -0.342 e. The number of nitrogens with zero attached hydrogens (tertiary/aromatic N) is 3. The first-order valence-electron chi connectivity index (χ1n) is 4.64. The van der Waals surface area contributed by atoms with E-state index in [0.29, 0.717) is 6.04 Å². The summed E-state index contributed by atoms with van der Waals surface area (Å²) in [6.07, 6.45) is 2.11. The van der Waals surface area contributed by atoms with Gasteiger partial charge in [-0.25, -0.2) is 4.98 Å². The topological polar surface area (TPSA) is 55.0 Å². The molecule has 1 fully saturated rings. The Hall–Kier alpha value is -0.680. The number of hydrogen-bond acceptors (Lipinski definition) is 5. The molecule has 1 atom stereocenters. The van der Waals surface area contributed by atoms with Gasteiger partial charge in [0.2, 0.25) is 5.13 Å². The van der Waals surface area contributed by atoms with Crippen LogP contribution in [0.3, 0.4) is 0 Å². The summed E-state index contributed by atoms with van der Waals surface area (Å²) in [6, 6.07) is 0.498. The van der Waals surface area contributed by atoms with Gasteiger partial charge in [0.05, 0.1) is 0 Å². The van der Waals surface area contributed by atoms with E-state index in [1.807, 2.05) is 0 Å². The lowest BCUT2D eigenvalue weighted by Gasteiger charge is -2.39. The predicted octanol–water partition coefficient (Wildman–Crippen LogP) is 0.638. The first-order valence-corrected chi connectivity index (χ1v) is 5.41. The number of aryl methyl sites for hydroxylation is 1. The van der Waals surface area contributed by atoms with E-state index in [2.05, 4.69) is 21.2 Å². The van der Waals surface area contributed by atoms with E-state index in [1.54, 1.807) is 0 Å². The molecule has 0 amide bonds. The molecule has 1 aromatic rings. The summed E-state index contributed by atoms with van der Waals surface area (Å²) < 4.78 is 4.25. The number of aromatic nitrogens is 2. The Bertz CT molecular complexity index is 283. The van der Waals surface area contributed by atoms with Crippen molar-refractivity contribution in [3.63, 3.8) is 0 Å². The van der Waals surface area contributed by atoms with Crippen LogP contribution in [0.15, 0.2) is 0 Å². The van der Waals surface area contributed by atoms with Crippen LogP contribution >= 0.6 is 11.5 Å². The highest BCUT2D eigenvalue weighted by molar-refractivity contribution is 7.09. The van der Waals surface area contributed by atoms with E-state index < -0.39 is 0 Å². The lowest BCUT2D eigenvalue weighted by atomic mass is 10.1. The number of anilines is 1. The van der Waals surface area contributed by atoms with Crippen molar-refractivity contribution >= 4 is 16.7 Å². The zero-order valence-electron chi connectivity index (χ0n) is 7.73. The Morgan fingerprint density at radius 3 is 3.00 bits per heavy atom. The van der Waals surface area contributed by atoms with Crippen LogP contribution in [0.2, 0.25) is 0 Å². The highest BCUT2D eigenvalue weighted by Gasteiger charge is 2.29. The van der Waals surface area contributed by atoms with Crippen LogP contribution in [0.1, 0.15) is 19.2 Å². The van der Waals surface area contributed by atoms with Gasteiger partial charge in [-0.2, -0.15) is 4.37 Å². The molecule has 1 aromatic heterocycles. The average Bonchev–Trinajstić information content (AvgIpc) is 2.52. The molecule has 1 aliphatic heterocycles. The molecule has 0 aromatic carbocycles. The van der Waals surface area contributed by atoms with Crippen molar-refractivity contribution in [2.75, 3.05) is 18.0 Å². The molecule has 0 bridgehead atoms. The van der Waals surface area contributed by atoms with Gasteiger partial charge in [-0.05, 0) is 6.42 Å². The summed E-state index contributed by atoms with van der Waals surface area (Å²) in [5.74, 6) is 0.947. The van der Waals surface area contributed by atoms with E-state index in [4.69, 9.17) is 5.73 Å². The molecule has 2 N–H and O–H groups in total. The van der Waals surface area contributed by atoms with Gasteiger partial charge in [-0.15, -0.1) is 0 Å². The van der Waals surface area contributed by atoms with E-state index >= 15 is 0 Å². The molecule has 0 spiro atoms. The molecular formula is C8H14N4S. The molecule has 0 aliphatic carbocycles. The smallest absolute Gasteiger partial charge is 0.205 e. The van der Waals surface area contributed by atoms with Crippen LogP contribution in [0.5, 0.6) is 0 Å². The highest BCUT2D eigenvalue weighted by Crippen LogP contribution is 2.27. The summed E-state index contributed by atoms with van der Waals surface area (Å²) in [4.78, 5) is 6.67. The Labute approximate surface area is 81.9 Å². The summed E-state index contributed by atoms with van der Waals surface area (Å²) in [5, 5.41) is 1.04. The molecule has 72 valence electrons. The molecule has 2 heterocycles. The SMILES string of the molecule is CCc1nsc(N2CCC2CN)n1. The predicted molar refractivity (Wildman–Crippen MR) is 54.1 cm³/mol. The third-order valence-electron chi connectivity index (χ3n) is 2.44.